The molecule has 0 aliphatic carbocycles. The van der Waals surface area contributed by atoms with Crippen LogP contribution in [0.2, 0.25) is 0 Å². The number of benzene rings is 3. The second-order valence-electron chi connectivity index (χ2n) is 6.29. The summed E-state index contributed by atoms with van der Waals surface area (Å²) in [5.41, 5.74) is 2.93. The van der Waals surface area contributed by atoms with E-state index in [1.54, 1.807) is 4.90 Å². The third-order valence-corrected chi connectivity index (χ3v) is 4.27. The molecule has 2 nitrogen and oxygen atoms in total. The Morgan fingerprint density at radius 3 is 1.77 bits per heavy atom. The first-order chi connectivity index (χ1) is 12.8. The van der Waals surface area contributed by atoms with Gasteiger partial charge in [-0.2, -0.15) is 0 Å². The summed E-state index contributed by atoms with van der Waals surface area (Å²) in [6, 6.07) is 29.8. The molecule has 3 rings (SSSR count). The summed E-state index contributed by atoms with van der Waals surface area (Å²) in [7, 11) is 0. The Kier molecular flexibility index (Phi) is 6.00. The van der Waals surface area contributed by atoms with Gasteiger partial charge in [-0.15, -0.1) is 0 Å². The highest BCUT2D eigenvalue weighted by Crippen LogP contribution is 2.27. The van der Waals surface area contributed by atoms with Gasteiger partial charge in [-0.25, -0.2) is 0 Å². The molecule has 3 aromatic carbocycles. The lowest BCUT2D eigenvalue weighted by Gasteiger charge is -2.25. The van der Waals surface area contributed by atoms with E-state index in [0.29, 0.717) is 6.42 Å². The van der Waals surface area contributed by atoms with Crippen molar-refractivity contribution >= 4 is 23.4 Å². The molecule has 0 saturated carbocycles. The Labute approximate surface area is 155 Å². The van der Waals surface area contributed by atoms with E-state index >= 15 is 0 Å². The first-order valence-corrected chi connectivity index (χ1v) is 8.91. The smallest absolute Gasteiger partial charge is 0.234 e. The molecular weight excluding hydrogens is 318 g/mol. The van der Waals surface area contributed by atoms with Gasteiger partial charge in [0, 0.05) is 17.3 Å². The maximum Gasteiger partial charge on any atom is 0.234 e. The third-order valence-electron chi connectivity index (χ3n) is 4.27. The molecule has 130 valence electrons. The summed E-state index contributed by atoms with van der Waals surface area (Å²) in [5, 5.41) is 0. The van der Waals surface area contributed by atoms with Crippen LogP contribution in [0.15, 0.2) is 97.1 Å². The molecule has 0 radical (unpaired) electrons. The lowest BCUT2D eigenvalue weighted by molar-refractivity contribution is -0.121. The minimum atomic E-state index is -0.115. The number of carbonyl (C=O) groups is 1. The Morgan fingerprint density at radius 1 is 0.808 bits per heavy atom. The number of anilines is 2. The van der Waals surface area contributed by atoms with Crippen molar-refractivity contribution in [3.8, 4) is 0 Å². The summed E-state index contributed by atoms with van der Waals surface area (Å²) < 4.78 is 0. The van der Waals surface area contributed by atoms with Gasteiger partial charge in [0.05, 0.1) is 0 Å². The maximum atomic E-state index is 13.2. The average molecular weight is 341 g/mol. The number of carbonyl (C=O) groups excluding carboxylic acids is 1. The fourth-order valence-corrected chi connectivity index (χ4v) is 2.85. The van der Waals surface area contributed by atoms with Gasteiger partial charge < -0.3 is 0 Å². The van der Waals surface area contributed by atoms with Crippen molar-refractivity contribution in [1.82, 2.24) is 0 Å². The number of nitrogens with zero attached hydrogens (tertiary/aromatic N) is 1. The van der Waals surface area contributed by atoms with E-state index in [2.05, 4.69) is 24.3 Å². The van der Waals surface area contributed by atoms with Gasteiger partial charge >= 0.3 is 0 Å². The Morgan fingerprint density at radius 2 is 1.27 bits per heavy atom. The van der Waals surface area contributed by atoms with Crippen LogP contribution in [0.25, 0.3) is 6.08 Å². The zero-order valence-electron chi connectivity index (χ0n) is 15.0. The molecule has 1 amide bonds. The number of rotatable bonds is 6. The SMILES string of the molecule is CC(C/C=C/c1ccccc1)C(=O)N(c1ccccc1)c1ccccc1. The Balaban J connectivity index is 1.78. The van der Waals surface area contributed by atoms with Gasteiger partial charge in [0.15, 0.2) is 0 Å². The molecule has 0 bridgehead atoms. The van der Waals surface area contributed by atoms with E-state index in [4.69, 9.17) is 0 Å². The van der Waals surface area contributed by atoms with Crippen LogP contribution in [0, 0.1) is 5.92 Å². The second-order valence-corrected chi connectivity index (χ2v) is 6.29. The summed E-state index contributed by atoms with van der Waals surface area (Å²) in [5.74, 6) is -0.0181. The van der Waals surface area contributed by atoms with Crippen molar-refractivity contribution < 1.29 is 4.79 Å². The predicted octanol–water partition coefficient (Wildman–Crippen LogP) is 6.09. The Bertz CT molecular complexity index is 802. The van der Waals surface area contributed by atoms with Gasteiger partial charge in [0.1, 0.15) is 0 Å². The molecule has 3 aromatic rings. The van der Waals surface area contributed by atoms with Crippen LogP contribution in [-0.2, 0) is 4.79 Å². The molecule has 0 aromatic heterocycles. The maximum absolute atomic E-state index is 13.2. The van der Waals surface area contributed by atoms with Gasteiger partial charge in [0.2, 0.25) is 5.91 Å². The summed E-state index contributed by atoms with van der Waals surface area (Å²) in [4.78, 5) is 15.0. The van der Waals surface area contributed by atoms with Crippen molar-refractivity contribution in [2.24, 2.45) is 5.92 Å². The first kappa shape index (κ1) is 17.7. The standard InChI is InChI=1S/C24H23NO/c1-20(12-11-15-21-13-5-2-6-14-21)24(26)25(22-16-7-3-8-17-22)23-18-9-4-10-19-23/h2-11,13-20H,12H2,1H3/b15-11+. The summed E-state index contributed by atoms with van der Waals surface area (Å²) >= 11 is 0. The fourth-order valence-electron chi connectivity index (χ4n) is 2.85. The van der Waals surface area contributed by atoms with E-state index in [1.807, 2.05) is 85.8 Å². The number of hydrogen-bond donors (Lipinski definition) is 0. The van der Waals surface area contributed by atoms with Crippen LogP contribution >= 0.6 is 0 Å². The van der Waals surface area contributed by atoms with E-state index in [1.165, 1.54) is 0 Å². The van der Waals surface area contributed by atoms with Crippen molar-refractivity contribution in [2.75, 3.05) is 4.90 Å². The molecule has 0 N–H and O–H groups in total. The van der Waals surface area contributed by atoms with E-state index in [0.717, 1.165) is 16.9 Å². The fraction of sp³-hybridized carbons (Fsp3) is 0.125. The monoisotopic (exact) mass is 341 g/mol. The topological polar surface area (TPSA) is 20.3 Å². The lowest BCUT2D eigenvalue weighted by atomic mass is 10.0. The molecular formula is C24H23NO. The second kappa shape index (κ2) is 8.82. The molecule has 0 aliphatic heterocycles. The molecule has 0 heterocycles. The number of amides is 1. The van der Waals surface area contributed by atoms with Gasteiger partial charge in [-0.1, -0.05) is 85.8 Å². The largest absolute Gasteiger partial charge is 0.281 e. The van der Waals surface area contributed by atoms with Crippen LogP contribution in [0.1, 0.15) is 18.9 Å². The van der Waals surface area contributed by atoms with Gasteiger partial charge in [0.25, 0.3) is 0 Å². The van der Waals surface area contributed by atoms with Crippen molar-refractivity contribution in [3.63, 3.8) is 0 Å². The van der Waals surface area contributed by atoms with Crippen LogP contribution < -0.4 is 4.90 Å². The minimum Gasteiger partial charge on any atom is -0.281 e. The lowest BCUT2D eigenvalue weighted by Crippen LogP contribution is -2.31. The first-order valence-electron chi connectivity index (χ1n) is 8.91. The minimum absolute atomic E-state index is 0.0973. The van der Waals surface area contributed by atoms with Gasteiger partial charge in [-0.05, 0) is 36.2 Å². The highest BCUT2D eigenvalue weighted by atomic mass is 16.2. The zero-order chi connectivity index (χ0) is 18.2. The third kappa shape index (κ3) is 4.48. The molecule has 1 unspecified atom stereocenters. The Hall–Kier alpha value is -3.13. The van der Waals surface area contributed by atoms with Crippen LogP contribution in [0.3, 0.4) is 0 Å². The molecule has 0 aliphatic rings. The molecule has 0 fully saturated rings. The van der Waals surface area contributed by atoms with Crippen LogP contribution in [0.5, 0.6) is 0 Å². The molecule has 2 heteroatoms. The summed E-state index contributed by atoms with van der Waals surface area (Å²) in [6.07, 6.45) is 4.84. The van der Waals surface area contributed by atoms with Crippen molar-refractivity contribution in [2.45, 2.75) is 13.3 Å². The summed E-state index contributed by atoms with van der Waals surface area (Å²) in [6.45, 7) is 1.98. The normalized spacial score (nSPS) is 12.0. The van der Waals surface area contributed by atoms with E-state index in [-0.39, 0.29) is 11.8 Å². The quantitative estimate of drug-likeness (QED) is 0.531. The van der Waals surface area contributed by atoms with E-state index in [9.17, 15) is 4.79 Å². The number of para-hydroxylation sites is 2. The molecule has 0 spiro atoms. The van der Waals surface area contributed by atoms with Crippen LogP contribution in [0.4, 0.5) is 11.4 Å². The average Bonchev–Trinajstić information content (AvgIpc) is 2.70. The predicted molar refractivity (Wildman–Crippen MR) is 109 cm³/mol. The molecule has 0 saturated heterocycles. The van der Waals surface area contributed by atoms with Crippen molar-refractivity contribution in [3.05, 3.63) is 103 Å². The van der Waals surface area contributed by atoms with Gasteiger partial charge in [-0.3, -0.25) is 9.69 Å². The van der Waals surface area contributed by atoms with Crippen LogP contribution in [-0.4, -0.2) is 5.91 Å². The zero-order valence-corrected chi connectivity index (χ0v) is 15.0. The van der Waals surface area contributed by atoms with E-state index < -0.39 is 0 Å². The highest BCUT2D eigenvalue weighted by molar-refractivity contribution is 6.01. The van der Waals surface area contributed by atoms with Crippen molar-refractivity contribution in [1.29, 1.82) is 0 Å². The number of allylic oxidation sites excluding steroid dienone is 1. The number of hydrogen-bond acceptors (Lipinski definition) is 1. The highest BCUT2D eigenvalue weighted by Gasteiger charge is 2.22. The molecule has 26 heavy (non-hydrogen) atoms. The molecule has 1 atom stereocenters.